The first-order valence-corrected chi connectivity index (χ1v) is 12.7. The maximum atomic E-state index is 13.1. The number of fused-ring (bicyclic) bond motifs is 2. The molecule has 0 spiro atoms. The lowest BCUT2D eigenvalue weighted by Gasteiger charge is -2.60. The van der Waals surface area contributed by atoms with Crippen LogP contribution in [0.1, 0.15) is 43.5 Å². The maximum absolute atomic E-state index is 13.1. The van der Waals surface area contributed by atoms with Crippen molar-refractivity contribution >= 4 is 21.9 Å². The van der Waals surface area contributed by atoms with Gasteiger partial charge < -0.3 is 14.8 Å². The Morgan fingerprint density at radius 1 is 1.22 bits per heavy atom. The lowest BCUT2D eigenvalue weighted by molar-refractivity contribution is -0.138. The number of hydrogen-bond acceptors (Lipinski definition) is 6. The second-order valence-electron chi connectivity index (χ2n) is 9.68. The highest BCUT2D eigenvalue weighted by Gasteiger charge is 2.54. The van der Waals surface area contributed by atoms with Crippen molar-refractivity contribution in [1.29, 1.82) is 0 Å². The molecule has 3 aliphatic carbocycles. The number of ether oxygens (including phenoxy) is 2. The largest absolute Gasteiger partial charge is 0.465 e. The number of nitrogens with one attached hydrogen (secondary N) is 1. The Morgan fingerprint density at radius 2 is 1.94 bits per heavy atom. The van der Waals surface area contributed by atoms with Crippen molar-refractivity contribution in [3.05, 3.63) is 29.8 Å². The zero-order valence-electron chi connectivity index (χ0n) is 18.9. The van der Waals surface area contributed by atoms with Gasteiger partial charge in [0, 0.05) is 19.6 Å². The number of sulfonamides is 1. The smallest absolute Gasteiger partial charge is 0.337 e. The highest BCUT2D eigenvalue weighted by atomic mass is 32.2. The third-order valence-electron chi connectivity index (χ3n) is 7.77. The van der Waals surface area contributed by atoms with Crippen LogP contribution < -0.4 is 5.32 Å². The van der Waals surface area contributed by atoms with Gasteiger partial charge in [0.2, 0.25) is 10.0 Å². The van der Waals surface area contributed by atoms with Gasteiger partial charge in [-0.3, -0.25) is 4.79 Å². The van der Waals surface area contributed by atoms with Crippen LogP contribution in [0.2, 0.25) is 0 Å². The van der Waals surface area contributed by atoms with E-state index >= 15 is 0 Å². The number of benzene rings is 1. The molecule has 0 radical (unpaired) electrons. The predicted molar refractivity (Wildman–Crippen MR) is 117 cm³/mol. The number of morpholine rings is 1. The Bertz CT molecular complexity index is 973. The van der Waals surface area contributed by atoms with Crippen LogP contribution in [0.15, 0.2) is 29.2 Å². The Labute approximate surface area is 189 Å². The number of esters is 1. The number of carbonyl (C=O) groups excluding carboxylic acids is 2. The Morgan fingerprint density at radius 3 is 2.56 bits per heavy atom. The van der Waals surface area contributed by atoms with E-state index < -0.39 is 22.1 Å². The summed E-state index contributed by atoms with van der Waals surface area (Å²) in [6, 6.07) is 5.59. The van der Waals surface area contributed by atoms with E-state index in [9.17, 15) is 18.0 Å². The fourth-order valence-electron chi connectivity index (χ4n) is 5.58. The third kappa shape index (κ3) is 4.18. The van der Waals surface area contributed by atoms with Gasteiger partial charge in [-0.2, -0.15) is 4.31 Å². The van der Waals surface area contributed by atoms with Crippen molar-refractivity contribution in [3.8, 4) is 0 Å². The van der Waals surface area contributed by atoms with Crippen molar-refractivity contribution in [2.24, 2.45) is 23.2 Å². The monoisotopic (exact) mass is 464 g/mol. The average molecular weight is 465 g/mol. The fourth-order valence-corrected chi connectivity index (χ4v) is 7.01. The quantitative estimate of drug-likeness (QED) is 0.647. The molecule has 4 fully saturated rings. The molecule has 1 saturated heterocycles. The van der Waals surface area contributed by atoms with Crippen LogP contribution in [0.5, 0.6) is 0 Å². The topological polar surface area (TPSA) is 102 Å². The van der Waals surface area contributed by atoms with Gasteiger partial charge in [0.1, 0.15) is 6.10 Å². The van der Waals surface area contributed by atoms with Crippen LogP contribution in [-0.2, 0) is 24.3 Å². The molecule has 1 aliphatic heterocycles. The van der Waals surface area contributed by atoms with Gasteiger partial charge in [-0.1, -0.05) is 13.8 Å². The van der Waals surface area contributed by atoms with Crippen molar-refractivity contribution in [3.63, 3.8) is 0 Å². The van der Waals surface area contributed by atoms with Crippen LogP contribution >= 0.6 is 0 Å². The molecule has 32 heavy (non-hydrogen) atoms. The number of nitrogens with zero attached hydrogens (tertiary/aromatic N) is 1. The minimum atomic E-state index is -3.81. The first kappa shape index (κ1) is 23.2. The fraction of sp³-hybridized carbons (Fsp3) is 0.652. The molecule has 1 amide bonds. The van der Waals surface area contributed by atoms with Gasteiger partial charge >= 0.3 is 5.97 Å². The standard InChI is InChI=1S/C23H32N2O6S/c1-23(2)17-7-4-16(19(23)12-17)13-24-21(26)20-14-25(10-11-31-20)32(28,29)18-8-5-15(6-9-18)22(27)30-3/h5-6,8-9,16-17,19-20H,4,7,10-14H2,1-3H3,(H,24,26)/t16-,17-,19-,20?/m0/s1. The molecular weight excluding hydrogens is 432 g/mol. The number of rotatable bonds is 6. The molecule has 9 heteroatoms. The summed E-state index contributed by atoms with van der Waals surface area (Å²) < 4.78 is 37.6. The van der Waals surface area contributed by atoms with Crippen molar-refractivity contribution in [1.82, 2.24) is 9.62 Å². The van der Waals surface area contributed by atoms with Gasteiger partial charge in [-0.15, -0.1) is 0 Å². The van der Waals surface area contributed by atoms with Crippen LogP contribution in [0, 0.1) is 23.2 Å². The second-order valence-corrected chi connectivity index (χ2v) is 11.6. The molecule has 8 nitrogen and oxygen atoms in total. The normalized spacial score (nSPS) is 29.6. The lowest BCUT2D eigenvalue weighted by Crippen LogP contribution is -2.56. The third-order valence-corrected chi connectivity index (χ3v) is 9.65. The van der Waals surface area contributed by atoms with Crippen molar-refractivity contribution < 1.29 is 27.5 Å². The Hall–Kier alpha value is -1.97. The number of amides is 1. The molecule has 1 aromatic carbocycles. The van der Waals surface area contributed by atoms with Crippen LogP contribution in [0.25, 0.3) is 0 Å². The van der Waals surface area contributed by atoms with E-state index in [0.29, 0.717) is 23.8 Å². The molecule has 1 N–H and O–H groups in total. The molecule has 4 aliphatic rings. The summed E-state index contributed by atoms with van der Waals surface area (Å²) in [6.45, 7) is 5.55. The minimum Gasteiger partial charge on any atom is -0.465 e. The molecule has 5 rings (SSSR count). The van der Waals surface area contributed by atoms with Crippen LogP contribution in [-0.4, -0.2) is 64.1 Å². The second kappa shape index (κ2) is 8.76. The number of hydrogen-bond donors (Lipinski definition) is 1. The molecule has 1 aromatic rings. The van der Waals surface area contributed by atoms with Crippen molar-refractivity contribution in [2.75, 3.05) is 33.4 Å². The summed E-state index contributed by atoms with van der Waals surface area (Å²) in [5.41, 5.74) is 0.623. The first-order chi connectivity index (χ1) is 15.1. The summed E-state index contributed by atoms with van der Waals surface area (Å²) in [6.07, 6.45) is 2.75. The molecule has 2 bridgehead atoms. The van der Waals surface area contributed by atoms with E-state index in [1.165, 1.54) is 48.5 Å². The molecule has 0 aromatic heterocycles. The van der Waals surface area contributed by atoms with Gasteiger partial charge in [-0.25, -0.2) is 13.2 Å². The molecular formula is C23H32N2O6S. The van der Waals surface area contributed by atoms with E-state index in [4.69, 9.17) is 4.74 Å². The summed E-state index contributed by atoms with van der Waals surface area (Å²) in [7, 11) is -2.54. The molecule has 176 valence electrons. The zero-order valence-corrected chi connectivity index (χ0v) is 19.7. The summed E-state index contributed by atoms with van der Waals surface area (Å²) in [5, 5.41) is 3.02. The van der Waals surface area contributed by atoms with Gasteiger partial charge in [0.05, 0.1) is 24.2 Å². The van der Waals surface area contributed by atoms with E-state index in [1.807, 2.05) is 0 Å². The molecule has 3 saturated carbocycles. The summed E-state index contributed by atoms with van der Waals surface area (Å²) in [4.78, 5) is 24.4. The molecule has 1 unspecified atom stereocenters. The summed E-state index contributed by atoms with van der Waals surface area (Å²) in [5.74, 6) is 1.12. The van der Waals surface area contributed by atoms with E-state index in [-0.39, 0.29) is 36.1 Å². The highest BCUT2D eigenvalue weighted by molar-refractivity contribution is 7.89. The Kier molecular flexibility index (Phi) is 6.35. The van der Waals surface area contributed by atoms with Crippen LogP contribution in [0.4, 0.5) is 0 Å². The van der Waals surface area contributed by atoms with E-state index in [1.54, 1.807) is 0 Å². The van der Waals surface area contributed by atoms with E-state index in [0.717, 1.165) is 12.3 Å². The number of carbonyl (C=O) groups is 2. The minimum absolute atomic E-state index is 0.0332. The van der Waals surface area contributed by atoms with Gasteiger partial charge in [-0.05, 0) is 66.7 Å². The molecule has 4 atom stereocenters. The zero-order chi connectivity index (χ0) is 23.1. The highest BCUT2D eigenvalue weighted by Crippen LogP contribution is 2.61. The lowest BCUT2D eigenvalue weighted by atomic mass is 9.45. The maximum Gasteiger partial charge on any atom is 0.337 e. The van der Waals surface area contributed by atoms with Gasteiger partial charge in [0.25, 0.3) is 5.91 Å². The van der Waals surface area contributed by atoms with Crippen molar-refractivity contribution in [2.45, 2.75) is 44.1 Å². The SMILES string of the molecule is COC(=O)c1ccc(S(=O)(=O)N2CCOC(C(=O)NC[C@@H]3CC[C@H]4C[C@@H]3C4(C)C)C2)cc1. The van der Waals surface area contributed by atoms with E-state index in [2.05, 4.69) is 23.9 Å². The summed E-state index contributed by atoms with van der Waals surface area (Å²) >= 11 is 0. The first-order valence-electron chi connectivity index (χ1n) is 11.2. The van der Waals surface area contributed by atoms with Gasteiger partial charge in [0.15, 0.2) is 0 Å². The average Bonchev–Trinajstić information content (AvgIpc) is 2.82. The predicted octanol–water partition coefficient (Wildman–Crippen LogP) is 2.05. The number of methoxy groups -OCH3 is 1. The van der Waals surface area contributed by atoms with Crippen LogP contribution in [0.3, 0.4) is 0 Å². The molecule has 1 heterocycles. The Balaban J connectivity index is 1.36.